The lowest BCUT2D eigenvalue weighted by molar-refractivity contribution is 0.00578. The van der Waals surface area contributed by atoms with Gasteiger partial charge in [-0.25, -0.2) is 4.98 Å². The molecule has 0 saturated carbocycles. The van der Waals surface area contributed by atoms with E-state index in [2.05, 4.69) is 164 Å². The average molecular weight is 644 g/mol. The van der Waals surface area contributed by atoms with Crippen molar-refractivity contribution in [2.75, 3.05) is 0 Å². The first-order valence-electron chi connectivity index (χ1n) is 17.5. The van der Waals surface area contributed by atoms with Crippen LogP contribution in [0.1, 0.15) is 70.7 Å². The highest BCUT2D eigenvalue weighted by molar-refractivity contribution is 6.62. The zero-order valence-corrected chi connectivity index (χ0v) is 29.9. The van der Waals surface area contributed by atoms with Gasteiger partial charge in [-0.1, -0.05) is 127 Å². The molecule has 3 aromatic carbocycles. The van der Waals surface area contributed by atoms with Crippen molar-refractivity contribution in [3.63, 3.8) is 0 Å². The summed E-state index contributed by atoms with van der Waals surface area (Å²) in [5.41, 5.74) is 12.3. The summed E-state index contributed by atoms with van der Waals surface area (Å²) in [5.74, 6) is 0.219. The normalized spacial score (nSPS) is 22.8. The Kier molecular flexibility index (Phi) is 8.37. The number of fused-ring (bicyclic) bond motifs is 6. The maximum absolute atomic E-state index is 6.37. The molecule has 2 aliphatic carbocycles. The summed E-state index contributed by atoms with van der Waals surface area (Å²) >= 11 is 0. The van der Waals surface area contributed by atoms with Crippen LogP contribution in [-0.2, 0) is 21.1 Å². The summed E-state index contributed by atoms with van der Waals surface area (Å²) < 4.78 is 12.7. The first kappa shape index (κ1) is 33.0. The van der Waals surface area contributed by atoms with Gasteiger partial charge in [0.25, 0.3) is 0 Å². The third-order valence-corrected chi connectivity index (χ3v) is 11.4. The summed E-state index contributed by atoms with van der Waals surface area (Å²) in [6.45, 7) is 19.0. The fraction of sp³-hybridized carbons (Fsp3) is 0.267. The van der Waals surface area contributed by atoms with Gasteiger partial charge in [0.2, 0.25) is 0 Å². The molecule has 2 atom stereocenters. The largest absolute Gasteiger partial charge is 0.494 e. The third-order valence-electron chi connectivity index (χ3n) is 11.4. The molecule has 49 heavy (non-hydrogen) atoms. The third kappa shape index (κ3) is 5.24. The molecule has 0 N–H and O–H groups in total. The minimum absolute atomic E-state index is 0.219. The summed E-state index contributed by atoms with van der Waals surface area (Å²) in [7, 11) is -0.403. The van der Waals surface area contributed by atoms with Crippen LogP contribution in [0.25, 0.3) is 33.8 Å². The minimum Gasteiger partial charge on any atom is -0.399 e. The van der Waals surface area contributed by atoms with Crippen molar-refractivity contribution in [3.05, 3.63) is 155 Å². The van der Waals surface area contributed by atoms with E-state index in [1.165, 1.54) is 44.4 Å². The SMILES string of the molecule is C=C/C=C\C=C(/C)C1(/C(C)=C/C=C\C)c2ccccc2C2=Cc3c(-c4ccc(B5OC(C)(C)C(C)(C)O5)cc4)nc4ccccc4c3CC21. The van der Waals surface area contributed by atoms with Crippen molar-refractivity contribution in [1.29, 1.82) is 0 Å². The van der Waals surface area contributed by atoms with Crippen molar-refractivity contribution < 1.29 is 9.31 Å². The van der Waals surface area contributed by atoms with Crippen LogP contribution in [0, 0.1) is 5.92 Å². The zero-order valence-electron chi connectivity index (χ0n) is 29.9. The molecule has 0 radical (unpaired) electrons. The highest BCUT2D eigenvalue weighted by Gasteiger charge is 2.53. The fourth-order valence-corrected chi connectivity index (χ4v) is 8.22. The van der Waals surface area contributed by atoms with Gasteiger partial charge in [-0.05, 0) is 94.8 Å². The van der Waals surface area contributed by atoms with Gasteiger partial charge in [-0.2, -0.15) is 0 Å². The molecular formula is C45H46BNO2. The van der Waals surface area contributed by atoms with Crippen LogP contribution in [0.3, 0.4) is 0 Å². The molecule has 2 heterocycles. The Morgan fingerprint density at radius 3 is 2.18 bits per heavy atom. The topological polar surface area (TPSA) is 31.4 Å². The lowest BCUT2D eigenvalue weighted by Crippen LogP contribution is -2.41. The monoisotopic (exact) mass is 643 g/mol. The highest BCUT2D eigenvalue weighted by atomic mass is 16.7. The first-order chi connectivity index (χ1) is 23.5. The Hall–Kier alpha value is -4.51. The second kappa shape index (κ2) is 12.4. The summed E-state index contributed by atoms with van der Waals surface area (Å²) in [4.78, 5) is 5.34. The summed E-state index contributed by atoms with van der Waals surface area (Å²) in [5, 5.41) is 1.22. The molecule has 1 saturated heterocycles. The van der Waals surface area contributed by atoms with Gasteiger partial charge in [-0.15, -0.1) is 0 Å². The Balaban J connectivity index is 1.42. The van der Waals surface area contributed by atoms with E-state index >= 15 is 0 Å². The standard InChI is InChI=1S/C45H46BNO2/c1-9-11-13-19-31(4)45(30(3)18-12-10-2)39-22-16-14-20-34(39)37-28-38-36(29-40(37)45)35-21-15-17-23-41(35)47-42(38)32-24-26-33(27-25-32)46-48-43(5,6)44(7,8)49-46/h9-28,40H,1,29H2,2-8H3/b12-10-,13-11-,30-18+,31-19+. The number of hydrogen-bond donors (Lipinski definition) is 0. The van der Waals surface area contributed by atoms with Crippen LogP contribution >= 0.6 is 0 Å². The number of benzene rings is 3. The van der Waals surface area contributed by atoms with Crippen LogP contribution in [0.2, 0.25) is 0 Å². The number of allylic oxidation sites excluding steroid dienone is 10. The van der Waals surface area contributed by atoms with Crippen molar-refractivity contribution in [2.24, 2.45) is 5.92 Å². The molecule has 0 amide bonds. The predicted octanol–water partition coefficient (Wildman–Crippen LogP) is 10.4. The lowest BCUT2D eigenvalue weighted by atomic mass is 9.61. The molecular weight excluding hydrogens is 597 g/mol. The second-order valence-electron chi connectivity index (χ2n) is 14.6. The molecule has 1 aliphatic heterocycles. The molecule has 3 nitrogen and oxygen atoms in total. The van der Waals surface area contributed by atoms with Gasteiger partial charge in [-0.3, -0.25) is 0 Å². The number of nitrogens with zero attached hydrogens (tertiary/aromatic N) is 1. The molecule has 4 heteroatoms. The van der Waals surface area contributed by atoms with E-state index in [0.717, 1.165) is 28.7 Å². The Bertz CT molecular complexity index is 2090. The molecule has 7 rings (SSSR count). The maximum atomic E-state index is 6.37. The van der Waals surface area contributed by atoms with Crippen LogP contribution in [0.5, 0.6) is 0 Å². The lowest BCUT2D eigenvalue weighted by Gasteiger charge is -2.41. The number of aromatic nitrogens is 1. The molecule has 3 aliphatic rings. The summed E-state index contributed by atoms with van der Waals surface area (Å²) in [6.07, 6.45) is 18.2. The van der Waals surface area contributed by atoms with Gasteiger partial charge in [0.05, 0.1) is 22.4 Å². The Morgan fingerprint density at radius 2 is 1.49 bits per heavy atom. The molecule has 0 bridgehead atoms. The van der Waals surface area contributed by atoms with E-state index in [0.29, 0.717) is 0 Å². The highest BCUT2D eigenvalue weighted by Crippen LogP contribution is 2.61. The van der Waals surface area contributed by atoms with Crippen molar-refractivity contribution in [3.8, 4) is 11.3 Å². The van der Waals surface area contributed by atoms with E-state index in [-0.39, 0.29) is 22.5 Å². The zero-order chi connectivity index (χ0) is 34.6. The van der Waals surface area contributed by atoms with Crippen LogP contribution < -0.4 is 5.46 Å². The Morgan fingerprint density at radius 1 is 0.837 bits per heavy atom. The van der Waals surface area contributed by atoms with E-state index in [4.69, 9.17) is 14.3 Å². The molecule has 2 unspecified atom stereocenters. The van der Waals surface area contributed by atoms with Crippen LogP contribution in [0.15, 0.2) is 133 Å². The molecule has 4 aromatic rings. The Labute approximate surface area is 292 Å². The van der Waals surface area contributed by atoms with E-state index in [1.54, 1.807) is 0 Å². The maximum Gasteiger partial charge on any atom is 0.494 e. The van der Waals surface area contributed by atoms with Crippen LogP contribution in [-0.4, -0.2) is 23.3 Å². The molecule has 1 fully saturated rings. The smallest absolute Gasteiger partial charge is 0.399 e. The van der Waals surface area contributed by atoms with Gasteiger partial charge in [0.1, 0.15) is 0 Å². The number of rotatable bonds is 7. The van der Waals surface area contributed by atoms with E-state index < -0.39 is 7.12 Å². The van der Waals surface area contributed by atoms with Gasteiger partial charge < -0.3 is 9.31 Å². The first-order valence-corrected chi connectivity index (χ1v) is 17.5. The number of hydrogen-bond acceptors (Lipinski definition) is 3. The van der Waals surface area contributed by atoms with Crippen molar-refractivity contribution >= 4 is 35.1 Å². The van der Waals surface area contributed by atoms with Gasteiger partial charge >= 0.3 is 7.12 Å². The van der Waals surface area contributed by atoms with E-state index in [9.17, 15) is 0 Å². The van der Waals surface area contributed by atoms with E-state index in [1.807, 2.05) is 12.2 Å². The molecule has 246 valence electrons. The number of para-hydroxylation sites is 1. The second-order valence-corrected chi connectivity index (χ2v) is 14.6. The van der Waals surface area contributed by atoms with Gasteiger partial charge in [0, 0.05) is 27.8 Å². The predicted molar refractivity (Wildman–Crippen MR) is 208 cm³/mol. The average Bonchev–Trinajstić information content (AvgIpc) is 3.51. The van der Waals surface area contributed by atoms with Crippen LogP contribution in [0.4, 0.5) is 0 Å². The molecule has 0 spiro atoms. The fourth-order valence-electron chi connectivity index (χ4n) is 8.22. The molecule has 1 aromatic heterocycles. The quantitative estimate of drug-likeness (QED) is 0.148. The van der Waals surface area contributed by atoms with Crippen molar-refractivity contribution in [1.82, 2.24) is 4.98 Å². The number of pyridine rings is 1. The van der Waals surface area contributed by atoms with Crippen molar-refractivity contribution in [2.45, 2.75) is 71.5 Å². The summed E-state index contributed by atoms with van der Waals surface area (Å²) in [6, 6.07) is 26.3. The minimum atomic E-state index is -0.403. The van der Waals surface area contributed by atoms with Gasteiger partial charge in [0.15, 0.2) is 0 Å².